The SMILES string of the molecule is CCC1COCCN1CC1(CO)CCCOC1. The molecule has 0 spiro atoms. The number of hydrogen-bond donors (Lipinski definition) is 1. The first-order valence-electron chi connectivity index (χ1n) is 6.80. The number of morpholine rings is 1. The Morgan fingerprint density at radius 2 is 2.24 bits per heavy atom. The number of rotatable bonds is 4. The Morgan fingerprint density at radius 1 is 1.35 bits per heavy atom. The average molecular weight is 243 g/mol. The van der Waals surface area contributed by atoms with Crippen LogP contribution >= 0.6 is 0 Å². The molecule has 2 unspecified atom stereocenters. The maximum atomic E-state index is 9.69. The van der Waals surface area contributed by atoms with Crippen molar-refractivity contribution in [2.75, 3.05) is 46.1 Å². The zero-order chi connectivity index (χ0) is 12.1. The third-order valence-electron chi connectivity index (χ3n) is 4.10. The summed E-state index contributed by atoms with van der Waals surface area (Å²) in [6, 6.07) is 0.508. The van der Waals surface area contributed by atoms with Gasteiger partial charge in [-0.25, -0.2) is 0 Å². The molecule has 1 N–H and O–H groups in total. The molecule has 2 atom stereocenters. The second-order valence-electron chi connectivity index (χ2n) is 5.42. The van der Waals surface area contributed by atoms with Crippen LogP contribution in [0.3, 0.4) is 0 Å². The van der Waals surface area contributed by atoms with E-state index in [2.05, 4.69) is 11.8 Å². The monoisotopic (exact) mass is 243 g/mol. The lowest BCUT2D eigenvalue weighted by atomic mass is 9.82. The molecule has 0 bridgehead atoms. The summed E-state index contributed by atoms with van der Waals surface area (Å²) in [5, 5.41) is 9.69. The second kappa shape index (κ2) is 6.14. The number of aliphatic hydroxyl groups excluding tert-OH is 1. The van der Waals surface area contributed by atoms with Crippen molar-refractivity contribution < 1.29 is 14.6 Å². The first kappa shape index (κ1) is 13.3. The standard InChI is InChI=1S/C13H25NO3/c1-2-12-8-16-7-5-14(12)9-13(10-15)4-3-6-17-11-13/h12,15H,2-11H2,1H3. The van der Waals surface area contributed by atoms with Crippen molar-refractivity contribution in [3.8, 4) is 0 Å². The zero-order valence-electron chi connectivity index (χ0n) is 10.9. The van der Waals surface area contributed by atoms with E-state index in [1.807, 2.05) is 0 Å². The largest absolute Gasteiger partial charge is 0.396 e. The Hall–Kier alpha value is -0.160. The molecule has 2 heterocycles. The Bertz CT molecular complexity index is 229. The summed E-state index contributed by atoms with van der Waals surface area (Å²) in [5.74, 6) is 0. The van der Waals surface area contributed by atoms with E-state index in [9.17, 15) is 5.11 Å². The first-order chi connectivity index (χ1) is 8.29. The maximum Gasteiger partial charge on any atom is 0.0622 e. The van der Waals surface area contributed by atoms with E-state index in [1.165, 1.54) is 0 Å². The van der Waals surface area contributed by atoms with Crippen LogP contribution in [0.5, 0.6) is 0 Å². The van der Waals surface area contributed by atoms with Crippen molar-refractivity contribution in [1.82, 2.24) is 4.90 Å². The Morgan fingerprint density at radius 3 is 2.88 bits per heavy atom. The lowest BCUT2D eigenvalue weighted by molar-refractivity contribution is -0.0846. The van der Waals surface area contributed by atoms with E-state index in [0.29, 0.717) is 12.6 Å². The van der Waals surface area contributed by atoms with Crippen LogP contribution in [0.4, 0.5) is 0 Å². The van der Waals surface area contributed by atoms with Gasteiger partial charge in [0.05, 0.1) is 26.4 Å². The molecule has 0 aromatic carbocycles. The highest BCUT2D eigenvalue weighted by molar-refractivity contribution is 4.87. The molecule has 4 heteroatoms. The molecule has 0 amide bonds. The molecule has 4 nitrogen and oxygen atoms in total. The van der Waals surface area contributed by atoms with Gasteiger partial charge >= 0.3 is 0 Å². The maximum absolute atomic E-state index is 9.69. The van der Waals surface area contributed by atoms with Gasteiger partial charge in [-0.3, -0.25) is 4.90 Å². The van der Waals surface area contributed by atoms with Gasteiger partial charge in [0.25, 0.3) is 0 Å². The summed E-state index contributed by atoms with van der Waals surface area (Å²) in [4.78, 5) is 2.48. The van der Waals surface area contributed by atoms with Crippen molar-refractivity contribution in [3.63, 3.8) is 0 Å². The van der Waals surface area contributed by atoms with Gasteiger partial charge in [0.2, 0.25) is 0 Å². The zero-order valence-corrected chi connectivity index (χ0v) is 10.9. The predicted molar refractivity (Wildman–Crippen MR) is 66.0 cm³/mol. The fraction of sp³-hybridized carbons (Fsp3) is 1.00. The lowest BCUT2D eigenvalue weighted by Gasteiger charge is -2.43. The smallest absolute Gasteiger partial charge is 0.0622 e. The average Bonchev–Trinajstić information content (AvgIpc) is 2.40. The Balaban J connectivity index is 1.96. The minimum absolute atomic E-state index is 0.0387. The van der Waals surface area contributed by atoms with Gasteiger partial charge in [-0.15, -0.1) is 0 Å². The molecular formula is C13H25NO3. The highest BCUT2D eigenvalue weighted by Crippen LogP contribution is 2.30. The van der Waals surface area contributed by atoms with Crippen LogP contribution in [0.25, 0.3) is 0 Å². The van der Waals surface area contributed by atoms with Crippen LogP contribution in [0.1, 0.15) is 26.2 Å². The van der Waals surface area contributed by atoms with Gasteiger partial charge in [-0.1, -0.05) is 6.92 Å². The fourth-order valence-electron chi connectivity index (χ4n) is 2.91. The minimum atomic E-state index is -0.0387. The quantitative estimate of drug-likeness (QED) is 0.796. The highest BCUT2D eigenvalue weighted by atomic mass is 16.5. The van der Waals surface area contributed by atoms with Crippen molar-refractivity contribution in [3.05, 3.63) is 0 Å². The second-order valence-corrected chi connectivity index (χ2v) is 5.42. The molecule has 0 aliphatic carbocycles. The third-order valence-corrected chi connectivity index (χ3v) is 4.10. The molecule has 2 aliphatic rings. The molecular weight excluding hydrogens is 218 g/mol. The summed E-state index contributed by atoms with van der Waals surface area (Å²) in [5.41, 5.74) is -0.0387. The molecule has 17 heavy (non-hydrogen) atoms. The summed E-state index contributed by atoms with van der Waals surface area (Å²) in [7, 11) is 0. The lowest BCUT2D eigenvalue weighted by Crippen LogP contribution is -2.53. The fourth-order valence-corrected chi connectivity index (χ4v) is 2.91. The van der Waals surface area contributed by atoms with E-state index in [-0.39, 0.29) is 12.0 Å². The number of aliphatic hydroxyl groups is 1. The molecule has 0 aromatic heterocycles. The summed E-state index contributed by atoms with van der Waals surface area (Å²) in [6.07, 6.45) is 3.27. The van der Waals surface area contributed by atoms with E-state index < -0.39 is 0 Å². The van der Waals surface area contributed by atoms with E-state index in [4.69, 9.17) is 9.47 Å². The Labute approximate surface area is 104 Å². The Kier molecular flexibility index (Phi) is 4.79. The third kappa shape index (κ3) is 3.19. The molecule has 100 valence electrons. The number of hydrogen-bond acceptors (Lipinski definition) is 4. The van der Waals surface area contributed by atoms with E-state index >= 15 is 0 Å². The molecule has 0 radical (unpaired) electrons. The van der Waals surface area contributed by atoms with Crippen LogP contribution in [0.15, 0.2) is 0 Å². The van der Waals surface area contributed by atoms with Crippen molar-refractivity contribution in [1.29, 1.82) is 0 Å². The van der Waals surface area contributed by atoms with Gasteiger partial charge in [0.1, 0.15) is 0 Å². The van der Waals surface area contributed by atoms with Gasteiger partial charge < -0.3 is 14.6 Å². The van der Waals surface area contributed by atoms with Gasteiger partial charge in [0, 0.05) is 31.2 Å². The van der Waals surface area contributed by atoms with Gasteiger partial charge in [-0.05, 0) is 19.3 Å². The van der Waals surface area contributed by atoms with Crippen LogP contribution < -0.4 is 0 Å². The number of ether oxygens (including phenoxy) is 2. The predicted octanol–water partition coefficient (Wildman–Crippen LogP) is 0.886. The molecule has 0 saturated carbocycles. The van der Waals surface area contributed by atoms with Gasteiger partial charge in [-0.2, -0.15) is 0 Å². The van der Waals surface area contributed by atoms with E-state index in [1.54, 1.807) is 0 Å². The minimum Gasteiger partial charge on any atom is -0.396 e. The summed E-state index contributed by atoms with van der Waals surface area (Å²) >= 11 is 0. The summed E-state index contributed by atoms with van der Waals surface area (Å²) < 4.78 is 11.1. The topological polar surface area (TPSA) is 41.9 Å². The van der Waals surface area contributed by atoms with Crippen LogP contribution in [0.2, 0.25) is 0 Å². The van der Waals surface area contributed by atoms with E-state index in [0.717, 1.165) is 52.2 Å². The first-order valence-corrected chi connectivity index (χ1v) is 6.80. The molecule has 2 rings (SSSR count). The highest BCUT2D eigenvalue weighted by Gasteiger charge is 2.36. The number of nitrogens with zero attached hydrogens (tertiary/aromatic N) is 1. The van der Waals surface area contributed by atoms with Gasteiger partial charge in [0.15, 0.2) is 0 Å². The molecule has 2 aliphatic heterocycles. The van der Waals surface area contributed by atoms with Crippen molar-refractivity contribution in [2.45, 2.75) is 32.2 Å². The molecule has 0 aromatic rings. The summed E-state index contributed by atoms with van der Waals surface area (Å²) in [6.45, 7) is 7.58. The van der Waals surface area contributed by atoms with Crippen molar-refractivity contribution >= 4 is 0 Å². The van der Waals surface area contributed by atoms with Crippen LogP contribution in [0, 0.1) is 5.41 Å². The molecule has 2 fully saturated rings. The normalized spacial score (nSPS) is 36.0. The van der Waals surface area contributed by atoms with Crippen LogP contribution in [-0.4, -0.2) is 62.2 Å². The van der Waals surface area contributed by atoms with Crippen molar-refractivity contribution in [2.24, 2.45) is 5.41 Å². The van der Waals surface area contributed by atoms with Crippen LogP contribution in [-0.2, 0) is 9.47 Å². The molecule has 2 saturated heterocycles.